The van der Waals surface area contributed by atoms with Crippen LogP contribution in [-0.4, -0.2) is 19.4 Å². The lowest BCUT2D eigenvalue weighted by molar-refractivity contribution is -0.137. The van der Waals surface area contributed by atoms with Crippen LogP contribution in [0.15, 0.2) is 23.8 Å². The summed E-state index contributed by atoms with van der Waals surface area (Å²) in [5.74, 6) is 0.657. The van der Waals surface area contributed by atoms with Crippen LogP contribution in [0.1, 0.15) is 19.4 Å². The molecule has 1 aliphatic heterocycles. The first kappa shape index (κ1) is 13.0. The number of esters is 1. The van der Waals surface area contributed by atoms with E-state index in [1.54, 1.807) is 32.0 Å². The largest absolute Gasteiger partial charge is 0.462 e. The standard InChI is InChI=1S/C14H13NO4/c1-3-17-14(16)11(7-15)9(2)10-4-5-12-13(6-10)19-8-18-12/h4-6H,3,8H2,1-2H3/b11-9-. The summed E-state index contributed by atoms with van der Waals surface area (Å²) in [7, 11) is 0. The van der Waals surface area contributed by atoms with Crippen molar-refractivity contribution < 1.29 is 19.0 Å². The minimum atomic E-state index is -0.611. The molecule has 1 aromatic carbocycles. The van der Waals surface area contributed by atoms with Crippen molar-refractivity contribution in [3.63, 3.8) is 0 Å². The number of allylic oxidation sites excluding steroid dienone is 1. The monoisotopic (exact) mass is 259 g/mol. The lowest BCUT2D eigenvalue weighted by Crippen LogP contribution is -2.08. The molecule has 0 saturated heterocycles. The van der Waals surface area contributed by atoms with E-state index in [2.05, 4.69) is 0 Å². The lowest BCUT2D eigenvalue weighted by Gasteiger charge is -2.06. The molecule has 1 aromatic rings. The van der Waals surface area contributed by atoms with Crippen molar-refractivity contribution in [2.24, 2.45) is 0 Å². The van der Waals surface area contributed by atoms with Crippen LogP contribution < -0.4 is 9.47 Å². The molecule has 5 nitrogen and oxygen atoms in total. The third-order valence-electron chi connectivity index (χ3n) is 2.77. The van der Waals surface area contributed by atoms with Gasteiger partial charge < -0.3 is 14.2 Å². The van der Waals surface area contributed by atoms with E-state index >= 15 is 0 Å². The Balaban J connectivity index is 2.39. The number of rotatable bonds is 3. The van der Waals surface area contributed by atoms with Crippen LogP contribution in [0, 0.1) is 11.3 Å². The van der Waals surface area contributed by atoms with E-state index in [1.807, 2.05) is 6.07 Å². The Morgan fingerprint density at radius 3 is 2.84 bits per heavy atom. The maximum absolute atomic E-state index is 11.7. The van der Waals surface area contributed by atoms with Crippen LogP contribution in [0.25, 0.3) is 5.57 Å². The molecule has 0 amide bonds. The van der Waals surface area contributed by atoms with E-state index in [4.69, 9.17) is 19.5 Å². The van der Waals surface area contributed by atoms with Gasteiger partial charge in [-0.1, -0.05) is 6.07 Å². The second kappa shape index (κ2) is 5.44. The van der Waals surface area contributed by atoms with Gasteiger partial charge in [-0.15, -0.1) is 0 Å². The number of benzene rings is 1. The zero-order valence-electron chi connectivity index (χ0n) is 10.7. The summed E-state index contributed by atoms with van der Waals surface area (Å²) in [5.41, 5.74) is 1.29. The van der Waals surface area contributed by atoms with Crippen molar-refractivity contribution in [3.05, 3.63) is 29.3 Å². The molecule has 0 bridgehead atoms. The molecule has 0 aromatic heterocycles. The highest BCUT2D eigenvalue weighted by atomic mass is 16.7. The first-order chi connectivity index (χ1) is 9.17. The molecule has 0 aliphatic carbocycles. The van der Waals surface area contributed by atoms with E-state index < -0.39 is 5.97 Å². The van der Waals surface area contributed by atoms with Gasteiger partial charge in [0.15, 0.2) is 11.5 Å². The van der Waals surface area contributed by atoms with Gasteiger partial charge in [0.2, 0.25) is 6.79 Å². The third kappa shape index (κ3) is 2.52. The molecule has 2 rings (SSSR count). The van der Waals surface area contributed by atoms with Crippen LogP contribution in [0.2, 0.25) is 0 Å². The van der Waals surface area contributed by atoms with Gasteiger partial charge in [-0.2, -0.15) is 5.26 Å². The first-order valence-corrected chi connectivity index (χ1v) is 5.85. The van der Waals surface area contributed by atoms with Crippen LogP contribution in [0.3, 0.4) is 0 Å². The highest BCUT2D eigenvalue weighted by Crippen LogP contribution is 2.35. The normalized spacial score (nSPS) is 13.5. The Kier molecular flexibility index (Phi) is 3.71. The summed E-state index contributed by atoms with van der Waals surface area (Å²) < 4.78 is 15.3. The maximum atomic E-state index is 11.7. The fourth-order valence-corrected chi connectivity index (χ4v) is 1.76. The van der Waals surface area contributed by atoms with Gasteiger partial charge in [0.05, 0.1) is 6.61 Å². The lowest BCUT2D eigenvalue weighted by atomic mass is 10.0. The second-order valence-corrected chi connectivity index (χ2v) is 3.90. The second-order valence-electron chi connectivity index (χ2n) is 3.90. The van der Waals surface area contributed by atoms with Gasteiger partial charge in [0.25, 0.3) is 0 Å². The average Bonchev–Trinajstić information content (AvgIpc) is 2.86. The predicted octanol–water partition coefficient (Wildman–Crippen LogP) is 2.28. The zero-order chi connectivity index (χ0) is 13.8. The van der Waals surface area contributed by atoms with E-state index in [9.17, 15) is 4.79 Å². The molecule has 1 heterocycles. The third-order valence-corrected chi connectivity index (χ3v) is 2.77. The summed E-state index contributed by atoms with van der Waals surface area (Å²) in [4.78, 5) is 11.7. The Hall–Kier alpha value is -2.48. The Morgan fingerprint density at radius 2 is 2.16 bits per heavy atom. The fraction of sp³-hybridized carbons (Fsp3) is 0.286. The highest BCUT2D eigenvalue weighted by molar-refractivity contribution is 6.01. The van der Waals surface area contributed by atoms with Crippen molar-refractivity contribution in [1.82, 2.24) is 0 Å². The molecule has 1 aliphatic rings. The predicted molar refractivity (Wildman–Crippen MR) is 67.4 cm³/mol. The molecule has 0 spiro atoms. The number of hydrogen-bond donors (Lipinski definition) is 0. The average molecular weight is 259 g/mol. The summed E-state index contributed by atoms with van der Waals surface area (Å²) in [6.07, 6.45) is 0. The van der Waals surface area contributed by atoms with Crippen LogP contribution >= 0.6 is 0 Å². The Bertz CT molecular complexity index is 584. The van der Waals surface area contributed by atoms with Gasteiger partial charge in [-0.3, -0.25) is 0 Å². The number of hydrogen-bond acceptors (Lipinski definition) is 5. The number of fused-ring (bicyclic) bond motifs is 1. The molecule has 0 atom stereocenters. The van der Waals surface area contributed by atoms with Gasteiger partial charge in [0.1, 0.15) is 11.6 Å². The number of carbonyl (C=O) groups is 1. The smallest absolute Gasteiger partial charge is 0.349 e. The number of nitrogens with zero attached hydrogens (tertiary/aromatic N) is 1. The van der Waals surface area contributed by atoms with Gasteiger partial charge in [-0.05, 0) is 37.1 Å². The molecular formula is C14H13NO4. The molecule has 19 heavy (non-hydrogen) atoms. The van der Waals surface area contributed by atoms with Crippen molar-refractivity contribution >= 4 is 11.5 Å². The van der Waals surface area contributed by atoms with Gasteiger partial charge >= 0.3 is 5.97 Å². The first-order valence-electron chi connectivity index (χ1n) is 5.85. The SMILES string of the molecule is CCOC(=O)/C(C#N)=C(/C)c1ccc2c(c1)OCO2. The van der Waals surface area contributed by atoms with Crippen LogP contribution in [0.5, 0.6) is 11.5 Å². The van der Waals surface area contributed by atoms with E-state index in [1.165, 1.54) is 0 Å². The molecule has 0 unspecified atom stereocenters. The van der Waals surface area contributed by atoms with E-state index in [0.717, 1.165) is 5.56 Å². The Labute approximate surface area is 111 Å². The number of carbonyl (C=O) groups excluding carboxylic acids is 1. The molecule has 0 fully saturated rings. The summed E-state index contributed by atoms with van der Waals surface area (Å²) >= 11 is 0. The van der Waals surface area contributed by atoms with Crippen LogP contribution in [-0.2, 0) is 9.53 Å². The minimum absolute atomic E-state index is 0.000662. The Morgan fingerprint density at radius 1 is 1.42 bits per heavy atom. The summed E-state index contributed by atoms with van der Waals surface area (Å²) in [6, 6.07) is 7.16. The van der Waals surface area contributed by atoms with Gasteiger partial charge in [-0.25, -0.2) is 4.79 Å². The molecular weight excluding hydrogens is 246 g/mol. The van der Waals surface area contributed by atoms with Crippen molar-refractivity contribution in [1.29, 1.82) is 5.26 Å². The molecule has 0 N–H and O–H groups in total. The minimum Gasteiger partial charge on any atom is -0.462 e. The van der Waals surface area contributed by atoms with E-state index in [0.29, 0.717) is 17.1 Å². The maximum Gasteiger partial charge on any atom is 0.349 e. The van der Waals surface area contributed by atoms with Gasteiger partial charge in [0, 0.05) is 0 Å². The van der Waals surface area contributed by atoms with Crippen molar-refractivity contribution in [3.8, 4) is 17.6 Å². The molecule has 0 radical (unpaired) electrons. The fourth-order valence-electron chi connectivity index (χ4n) is 1.76. The number of ether oxygens (including phenoxy) is 3. The summed E-state index contributed by atoms with van der Waals surface area (Å²) in [5, 5.41) is 9.08. The highest BCUT2D eigenvalue weighted by Gasteiger charge is 2.18. The zero-order valence-corrected chi connectivity index (χ0v) is 10.7. The summed E-state index contributed by atoms with van der Waals surface area (Å²) in [6.45, 7) is 3.82. The van der Waals surface area contributed by atoms with E-state index in [-0.39, 0.29) is 19.0 Å². The van der Waals surface area contributed by atoms with Crippen molar-refractivity contribution in [2.75, 3.05) is 13.4 Å². The molecule has 5 heteroatoms. The van der Waals surface area contributed by atoms with Crippen molar-refractivity contribution in [2.45, 2.75) is 13.8 Å². The number of nitriles is 1. The topological polar surface area (TPSA) is 68.6 Å². The van der Waals surface area contributed by atoms with Crippen LogP contribution in [0.4, 0.5) is 0 Å². The molecule has 0 saturated carbocycles. The quantitative estimate of drug-likeness (QED) is 0.473. The molecule has 98 valence electrons.